The first-order valence-electron chi connectivity index (χ1n) is 21.9. The normalized spacial score (nSPS) is 12.9. The molecule has 0 radical (unpaired) electrons. The van der Waals surface area contributed by atoms with Gasteiger partial charge in [0.2, 0.25) is 21.8 Å². The number of hydroxylamine groups is 1. The lowest BCUT2D eigenvalue weighted by atomic mass is 10.0. The molecule has 2 atom stereocenters. The highest BCUT2D eigenvalue weighted by atomic mass is 32.2. The molecule has 18 nitrogen and oxygen atoms in total. The van der Waals surface area contributed by atoms with Crippen LogP contribution < -0.4 is 21.3 Å². The molecule has 2 aromatic heterocycles. The number of aromatic hydroxyl groups is 2. The quantitative estimate of drug-likeness (QED) is 0.0178. The summed E-state index contributed by atoms with van der Waals surface area (Å²) >= 11 is 0.775. The van der Waals surface area contributed by atoms with Gasteiger partial charge in [0, 0.05) is 46.8 Å². The zero-order valence-corrected chi connectivity index (χ0v) is 40.8. The number of nitrogens with one attached hydrogen (secondary N) is 2. The van der Waals surface area contributed by atoms with Gasteiger partial charge in [-0.05, 0) is 96.0 Å². The average molecular weight is 945 g/mol. The molecule has 4 aromatic rings. The van der Waals surface area contributed by atoms with Crippen molar-refractivity contribution in [1.82, 2.24) is 19.3 Å². The SMILES string of the molecule is CCn1c(O)c(N=Nc2ccc(-c3ccc(N=Nc4c(C)c(C#N)c(=O)n(CC)c4O)cc3S(=O)(=O)NC(C)CCCC(C)C)c(SOONC(C)CCCC(C)C)c2)c(C)c(C#N)c1=O. The second-order valence-electron chi connectivity index (χ2n) is 16.9. The van der Waals surface area contributed by atoms with Crippen LogP contribution in [0, 0.1) is 48.3 Å². The summed E-state index contributed by atoms with van der Waals surface area (Å²) in [5.41, 5.74) is 2.12. The van der Waals surface area contributed by atoms with E-state index in [1.165, 1.54) is 26.0 Å². The first kappa shape index (κ1) is 52.9. The second-order valence-corrected chi connectivity index (χ2v) is 19.3. The lowest BCUT2D eigenvalue weighted by Gasteiger charge is -2.18. The maximum absolute atomic E-state index is 14.5. The first-order valence-corrected chi connectivity index (χ1v) is 24.1. The number of benzene rings is 2. The molecule has 2 heterocycles. The van der Waals surface area contributed by atoms with Crippen LogP contribution in [0.2, 0.25) is 0 Å². The molecule has 4 N–H and O–H groups in total. The van der Waals surface area contributed by atoms with E-state index in [2.05, 4.69) is 58.4 Å². The molecule has 0 bridgehead atoms. The third kappa shape index (κ3) is 13.2. The smallest absolute Gasteiger partial charge is 0.271 e. The summed E-state index contributed by atoms with van der Waals surface area (Å²) in [5.74, 6) is 0.0462. The van der Waals surface area contributed by atoms with Crippen molar-refractivity contribution in [2.75, 3.05) is 0 Å². The van der Waals surface area contributed by atoms with Crippen molar-refractivity contribution in [3.63, 3.8) is 0 Å². The summed E-state index contributed by atoms with van der Waals surface area (Å²) in [6.07, 6.45) is 5.14. The van der Waals surface area contributed by atoms with Gasteiger partial charge in [-0.1, -0.05) is 65.5 Å². The number of aromatic nitrogens is 2. The Labute approximate surface area is 390 Å². The van der Waals surface area contributed by atoms with E-state index >= 15 is 0 Å². The van der Waals surface area contributed by atoms with E-state index in [9.17, 15) is 38.7 Å². The Hall–Kier alpha value is -5.74. The van der Waals surface area contributed by atoms with Crippen molar-refractivity contribution in [3.8, 4) is 35.0 Å². The van der Waals surface area contributed by atoms with Gasteiger partial charge in [-0.25, -0.2) is 13.1 Å². The maximum Gasteiger partial charge on any atom is 0.271 e. The molecule has 0 fully saturated rings. The average Bonchev–Trinajstić information content (AvgIpc) is 3.25. The summed E-state index contributed by atoms with van der Waals surface area (Å²) in [7, 11) is -4.30. The number of nitrogens with zero attached hydrogens (tertiary/aromatic N) is 8. The Balaban J connectivity index is 1.88. The molecular formula is C46H60N10O8S2. The van der Waals surface area contributed by atoms with E-state index < -0.39 is 38.9 Å². The van der Waals surface area contributed by atoms with Crippen LogP contribution in [0.1, 0.15) is 116 Å². The van der Waals surface area contributed by atoms with Gasteiger partial charge in [0.25, 0.3) is 11.1 Å². The van der Waals surface area contributed by atoms with E-state index in [4.69, 9.17) is 9.32 Å². The van der Waals surface area contributed by atoms with Gasteiger partial charge in [-0.2, -0.15) is 26.2 Å². The van der Waals surface area contributed by atoms with Gasteiger partial charge < -0.3 is 10.2 Å². The van der Waals surface area contributed by atoms with Crippen LogP contribution in [-0.2, 0) is 32.4 Å². The predicted octanol–water partition coefficient (Wildman–Crippen LogP) is 10.5. The van der Waals surface area contributed by atoms with Crippen molar-refractivity contribution in [2.24, 2.45) is 32.3 Å². The van der Waals surface area contributed by atoms with Crippen LogP contribution in [0.4, 0.5) is 22.7 Å². The van der Waals surface area contributed by atoms with Crippen molar-refractivity contribution in [3.05, 3.63) is 79.4 Å². The monoisotopic (exact) mass is 944 g/mol. The van der Waals surface area contributed by atoms with Crippen molar-refractivity contribution < 1.29 is 28.0 Å². The van der Waals surface area contributed by atoms with Gasteiger partial charge in [0.15, 0.2) is 11.4 Å². The molecule has 0 aliphatic heterocycles. The van der Waals surface area contributed by atoms with Gasteiger partial charge in [-0.15, -0.1) is 19.6 Å². The summed E-state index contributed by atoms with van der Waals surface area (Å²) in [6.45, 7) is 18.6. The number of rotatable bonds is 23. The zero-order valence-electron chi connectivity index (χ0n) is 39.2. The Kier molecular flexibility index (Phi) is 19.4. The van der Waals surface area contributed by atoms with Crippen LogP contribution >= 0.6 is 12.0 Å². The first-order chi connectivity index (χ1) is 31.3. The summed E-state index contributed by atoms with van der Waals surface area (Å²) in [5, 5.41) is 58.4. The van der Waals surface area contributed by atoms with Crippen LogP contribution in [0.15, 0.2) is 76.2 Å². The third-order valence-corrected chi connectivity index (χ3v) is 13.1. The summed E-state index contributed by atoms with van der Waals surface area (Å²) < 4.78 is 39.4. The minimum atomic E-state index is -4.30. The standard InChI is InChI=1S/C46H60N10O8S2/c1-11-55-43(57)37(25-47)31(9)41(45(55)59)51-49-33-19-21-35(39(23-33)65-64-63-53-29(7)17-13-15-27(3)4)36-22-20-34(24-40(36)66(61,62)54-30(8)18-14-16-28(5)6)50-52-42-32(10)38(26-48)44(58)56(12-2)46(42)60/h19-24,27-30,53-54,59-60H,11-18H2,1-10H3. The molecule has 2 aromatic carbocycles. The van der Waals surface area contributed by atoms with Crippen LogP contribution in [0.25, 0.3) is 11.1 Å². The molecule has 0 saturated carbocycles. The fourth-order valence-electron chi connectivity index (χ4n) is 7.06. The van der Waals surface area contributed by atoms with Gasteiger partial charge in [0.1, 0.15) is 23.3 Å². The van der Waals surface area contributed by atoms with Crippen molar-refractivity contribution in [1.29, 1.82) is 10.5 Å². The molecule has 0 aliphatic carbocycles. The number of azo groups is 2. The number of hydrogen-bond donors (Lipinski definition) is 4. The predicted molar refractivity (Wildman–Crippen MR) is 253 cm³/mol. The van der Waals surface area contributed by atoms with E-state index in [1.54, 1.807) is 45.0 Å². The largest absolute Gasteiger partial charge is 0.493 e. The topological polar surface area (TPSA) is 258 Å². The molecule has 2 unspecified atom stereocenters. The Morgan fingerprint density at radius 2 is 1.18 bits per heavy atom. The van der Waals surface area contributed by atoms with E-state index in [0.29, 0.717) is 28.7 Å². The molecule has 0 aliphatic rings. The summed E-state index contributed by atoms with van der Waals surface area (Å²) in [6, 6.07) is 12.4. The minimum absolute atomic E-state index is 0.0561. The highest BCUT2D eigenvalue weighted by Crippen LogP contribution is 2.41. The van der Waals surface area contributed by atoms with Gasteiger partial charge in [0.05, 0.1) is 28.3 Å². The molecule has 354 valence electrons. The molecule has 4 rings (SSSR count). The number of nitriles is 2. The van der Waals surface area contributed by atoms with Crippen molar-refractivity contribution >= 4 is 44.8 Å². The molecule has 66 heavy (non-hydrogen) atoms. The minimum Gasteiger partial charge on any atom is -0.493 e. The summed E-state index contributed by atoms with van der Waals surface area (Å²) in [4.78, 5) is 31.1. The van der Waals surface area contributed by atoms with Gasteiger partial charge >= 0.3 is 0 Å². The lowest BCUT2D eigenvalue weighted by Crippen LogP contribution is -2.33. The zero-order chi connectivity index (χ0) is 48.9. The van der Waals surface area contributed by atoms with Crippen LogP contribution in [0.5, 0.6) is 11.8 Å². The van der Waals surface area contributed by atoms with Crippen LogP contribution in [-0.4, -0.2) is 39.8 Å². The Morgan fingerprint density at radius 3 is 1.65 bits per heavy atom. The van der Waals surface area contributed by atoms with E-state index in [-0.39, 0.29) is 74.6 Å². The fraction of sp³-hybridized carbons (Fsp3) is 0.478. The molecule has 0 spiro atoms. The fourth-order valence-corrected chi connectivity index (χ4v) is 9.17. The molecule has 20 heteroatoms. The van der Waals surface area contributed by atoms with E-state index in [0.717, 1.165) is 53.3 Å². The molecular weight excluding hydrogens is 885 g/mol. The van der Waals surface area contributed by atoms with Crippen molar-refractivity contribution in [2.45, 2.75) is 143 Å². The number of pyridine rings is 2. The maximum atomic E-state index is 14.5. The molecule has 0 amide bonds. The van der Waals surface area contributed by atoms with Crippen LogP contribution in [0.3, 0.4) is 0 Å². The van der Waals surface area contributed by atoms with E-state index in [1.807, 2.05) is 19.1 Å². The molecule has 0 saturated heterocycles. The highest BCUT2D eigenvalue weighted by Gasteiger charge is 2.26. The highest BCUT2D eigenvalue weighted by molar-refractivity contribution is 7.94. The number of sulfonamides is 1. The Bertz CT molecular complexity index is 2750. The Morgan fingerprint density at radius 1 is 0.712 bits per heavy atom. The van der Waals surface area contributed by atoms with Gasteiger partial charge in [-0.3, -0.25) is 18.7 Å². The third-order valence-electron chi connectivity index (χ3n) is 10.8. The second kappa shape index (κ2) is 24.2. The lowest BCUT2D eigenvalue weighted by molar-refractivity contribution is -0.253. The number of hydrogen-bond acceptors (Lipinski definition) is 16.